The van der Waals surface area contributed by atoms with Gasteiger partial charge in [0.05, 0.1) is 0 Å². The predicted molar refractivity (Wildman–Crippen MR) is 87.8 cm³/mol. The van der Waals surface area contributed by atoms with Crippen LogP contribution in [0.5, 0.6) is 0 Å². The fraction of sp³-hybridized carbons (Fsp3) is 0.333. The van der Waals surface area contributed by atoms with Crippen LogP contribution in [0.25, 0.3) is 0 Å². The van der Waals surface area contributed by atoms with Crippen LogP contribution in [-0.4, -0.2) is 14.1 Å². The largest absolute Gasteiger partial charge is 0.345 e. The molecule has 2 rings (SSSR count). The third kappa shape index (κ3) is 3.20. The van der Waals surface area contributed by atoms with Crippen LogP contribution in [0.2, 0.25) is 0 Å². The average molecular weight is 268 g/mol. The zero-order valence-corrected chi connectivity index (χ0v) is 12.9. The molecule has 1 atom stereocenters. The van der Waals surface area contributed by atoms with Crippen molar-refractivity contribution in [2.24, 2.45) is 0 Å². The standard InChI is InChI=1S/C18H24N2/c1-5-18(19-3)15-8-12-17(13-9-15)20(4)16-10-6-14(2)7-11-16/h6-13,18-19H,5H2,1-4H3. The summed E-state index contributed by atoms with van der Waals surface area (Å²) in [5.41, 5.74) is 5.06. The van der Waals surface area contributed by atoms with Gasteiger partial charge in [-0.2, -0.15) is 0 Å². The maximum Gasteiger partial charge on any atom is 0.0408 e. The second kappa shape index (κ2) is 6.58. The molecule has 106 valence electrons. The Kier molecular flexibility index (Phi) is 4.80. The van der Waals surface area contributed by atoms with Crippen molar-refractivity contribution in [3.05, 3.63) is 59.7 Å². The van der Waals surface area contributed by atoms with Gasteiger partial charge in [-0.25, -0.2) is 0 Å². The highest BCUT2D eigenvalue weighted by Crippen LogP contribution is 2.26. The summed E-state index contributed by atoms with van der Waals surface area (Å²) in [5.74, 6) is 0. The molecule has 0 aliphatic carbocycles. The molecule has 2 heteroatoms. The minimum atomic E-state index is 0.439. The Balaban J connectivity index is 2.19. The van der Waals surface area contributed by atoms with Crippen LogP contribution in [0.3, 0.4) is 0 Å². The fourth-order valence-corrected chi connectivity index (χ4v) is 2.45. The monoisotopic (exact) mass is 268 g/mol. The molecule has 1 unspecified atom stereocenters. The van der Waals surface area contributed by atoms with Crippen molar-refractivity contribution in [1.29, 1.82) is 0 Å². The molecule has 0 saturated carbocycles. The van der Waals surface area contributed by atoms with Crippen LogP contribution in [0.15, 0.2) is 48.5 Å². The van der Waals surface area contributed by atoms with E-state index in [2.05, 4.69) is 79.6 Å². The van der Waals surface area contributed by atoms with E-state index in [1.807, 2.05) is 7.05 Å². The van der Waals surface area contributed by atoms with E-state index in [9.17, 15) is 0 Å². The van der Waals surface area contributed by atoms with Gasteiger partial charge in [-0.3, -0.25) is 0 Å². The lowest BCUT2D eigenvalue weighted by atomic mass is 10.0. The molecular weight excluding hydrogens is 244 g/mol. The summed E-state index contributed by atoms with van der Waals surface area (Å²) >= 11 is 0. The molecule has 0 aromatic heterocycles. The topological polar surface area (TPSA) is 15.3 Å². The average Bonchev–Trinajstić information content (AvgIpc) is 2.49. The quantitative estimate of drug-likeness (QED) is 0.862. The summed E-state index contributed by atoms with van der Waals surface area (Å²) in [6.45, 7) is 4.31. The number of hydrogen-bond donors (Lipinski definition) is 1. The van der Waals surface area contributed by atoms with E-state index in [4.69, 9.17) is 0 Å². The lowest BCUT2D eigenvalue weighted by Gasteiger charge is -2.21. The smallest absolute Gasteiger partial charge is 0.0408 e. The van der Waals surface area contributed by atoms with Crippen LogP contribution in [0.1, 0.15) is 30.5 Å². The molecule has 0 aliphatic heterocycles. The van der Waals surface area contributed by atoms with Crippen molar-refractivity contribution in [2.75, 3.05) is 19.0 Å². The predicted octanol–water partition coefficient (Wildman–Crippen LogP) is 4.43. The van der Waals surface area contributed by atoms with E-state index < -0.39 is 0 Å². The zero-order valence-electron chi connectivity index (χ0n) is 12.9. The molecule has 0 spiro atoms. The summed E-state index contributed by atoms with van der Waals surface area (Å²) in [5, 5.41) is 3.34. The summed E-state index contributed by atoms with van der Waals surface area (Å²) < 4.78 is 0. The maximum absolute atomic E-state index is 3.34. The highest BCUT2D eigenvalue weighted by Gasteiger charge is 2.08. The Labute approximate surface area is 122 Å². The molecular formula is C18H24N2. The summed E-state index contributed by atoms with van der Waals surface area (Å²) in [7, 11) is 4.12. The Bertz CT molecular complexity index is 524. The number of anilines is 2. The first kappa shape index (κ1) is 14.6. The van der Waals surface area contributed by atoms with Gasteiger partial charge in [-0.1, -0.05) is 36.8 Å². The number of nitrogens with zero attached hydrogens (tertiary/aromatic N) is 1. The van der Waals surface area contributed by atoms with Crippen molar-refractivity contribution < 1.29 is 0 Å². The number of nitrogens with one attached hydrogen (secondary N) is 1. The normalized spacial score (nSPS) is 12.2. The Morgan fingerprint density at radius 2 is 1.45 bits per heavy atom. The third-order valence-electron chi connectivity index (χ3n) is 3.86. The Morgan fingerprint density at radius 3 is 1.90 bits per heavy atom. The van der Waals surface area contributed by atoms with E-state index >= 15 is 0 Å². The van der Waals surface area contributed by atoms with Gasteiger partial charge >= 0.3 is 0 Å². The minimum Gasteiger partial charge on any atom is -0.345 e. The molecule has 0 radical (unpaired) electrons. The SMILES string of the molecule is CCC(NC)c1ccc(N(C)c2ccc(C)cc2)cc1. The minimum absolute atomic E-state index is 0.439. The van der Waals surface area contributed by atoms with Gasteiger partial charge in [0, 0.05) is 24.5 Å². The van der Waals surface area contributed by atoms with Crippen molar-refractivity contribution >= 4 is 11.4 Å². The molecule has 2 aromatic rings. The van der Waals surface area contributed by atoms with E-state index in [0.717, 1.165) is 6.42 Å². The maximum atomic E-state index is 3.34. The molecule has 0 saturated heterocycles. The van der Waals surface area contributed by atoms with E-state index in [-0.39, 0.29) is 0 Å². The fourth-order valence-electron chi connectivity index (χ4n) is 2.45. The molecule has 2 nitrogen and oxygen atoms in total. The Hall–Kier alpha value is -1.80. The highest BCUT2D eigenvalue weighted by atomic mass is 15.1. The molecule has 2 aromatic carbocycles. The molecule has 0 aliphatic rings. The lowest BCUT2D eigenvalue weighted by Crippen LogP contribution is -2.15. The van der Waals surface area contributed by atoms with Gasteiger partial charge in [0.2, 0.25) is 0 Å². The summed E-state index contributed by atoms with van der Waals surface area (Å²) in [6, 6.07) is 17.9. The molecule has 1 N–H and O–H groups in total. The van der Waals surface area contributed by atoms with Gasteiger partial charge in [-0.15, -0.1) is 0 Å². The van der Waals surface area contributed by atoms with Gasteiger partial charge in [0.25, 0.3) is 0 Å². The van der Waals surface area contributed by atoms with Crippen molar-refractivity contribution in [2.45, 2.75) is 26.3 Å². The lowest BCUT2D eigenvalue weighted by molar-refractivity contribution is 0.577. The van der Waals surface area contributed by atoms with Crippen LogP contribution in [0.4, 0.5) is 11.4 Å². The third-order valence-corrected chi connectivity index (χ3v) is 3.86. The molecule has 0 bridgehead atoms. The molecule has 20 heavy (non-hydrogen) atoms. The molecule has 0 heterocycles. The number of benzene rings is 2. The number of hydrogen-bond acceptors (Lipinski definition) is 2. The van der Waals surface area contributed by atoms with E-state index in [1.165, 1.54) is 22.5 Å². The van der Waals surface area contributed by atoms with Gasteiger partial charge in [-0.05, 0) is 50.2 Å². The zero-order chi connectivity index (χ0) is 14.5. The first-order valence-electron chi connectivity index (χ1n) is 7.23. The number of rotatable bonds is 5. The van der Waals surface area contributed by atoms with E-state index in [1.54, 1.807) is 0 Å². The van der Waals surface area contributed by atoms with Gasteiger partial charge in [0.15, 0.2) is 0 Å². The number of aryl methyl sites for hydroxylation is 1. The van der Waals surface area contributed by atoms with Crippen LogP contribution in [0, 0.1) is 6.92 Å². The Morgan fingerprint density at radius 1 is 0.950 bits per heavy atom. The first-order valence-corrected chi connectivity index (χ1v) is 7.23. The second-order valence-corrected chi connectivity index (χ2v) is 5.24. The van der Waals surface area contributed by atoms with Crippen molar-refractivity contribution in [1.82, 2.24) is 5.32 Å². The molecule has 0 fully saturated rings. The van der Waals surface area contributed by atoms with Crippen molar-refractivity contribution in [3.8, 4) is 0 Å². The van der Waals surface area contributed by atoms with Crippen molar-refractivity contribution in [3.63, 3.8) is 0 Å². The van der Waals surface area contributed by atoms with Crippen LogP contribution in [-0.2, 0) is 0 Å². The van der Waals surface area contributed by atoms with Crippen LogP contribution >= 0.6 is 0 Å². The van der Waals surface area contributed by atoms with Gasteiger partial charge < -0.3 is 10.2 Å². The summed E-state index contributed by atoms with van der Waals surface area (Å²) in [4.78, 5) is 2.21. The first-order chi connectivity index (χ1) is 9.65. The van der Waals surface area contributed by atoms with Gasteiger partial charge in [0.1, 0.15) is 0 Å². The molecule has 0 amide bonds. The highest BCUT2D eigenvalue weighted by molar-refractivity contribution is 5.62. The van der Waals surface area contributed by atoms with E-state index in [0.29, 0.717) is 6.04 Å². The summed E-state index contributed by atoms with van der Waals surface area (Å²) in [6.07, 6.45) is 1.10. The van der Waals surface area contributed by atoms with Crippen LogP contribution < -0.4 is 10.2 Å². The second-order valence-electron chi connectivity index (χ2n) is 5.24.